The van der Waals surface area contributed by atoms with Gasteiger partial charge in [-0.2, -0.15) is 17.9 Å². The van der Waals surface area contributed by atoms with Crippen molar-refractivity contribution in [3.8, 4) is 5.75 Å². The number of fused-ring (bicyclic) bond motifs is 1. The van der Waals surface area contributed by atoms with Gasteiger partial charge >= 0.3 is 17.8 Å². The quantitative estimate of drug-likeness (QED) is 0.295. The van der Waals surface area contributed by atoms with E-state index in [9.17, 15) is 31.2 Å². The smallest absolute Gasteiger partial charge is 0.417 e. The predicted octanol–water partition coefficient (Wildman–Crippen LogP) is 4.42. The Morgan fingerprint density at radius 2 is 1.74 bits per heavy atom. The van der Waals surface area contributed by atoms with Crippen LogP contribution in [0.4, 0.5) is 13.2 Å². The zero-order valence-electron chi connectivity index (χ0n) is 18.5. The molecule has 182 valence electrons. The SMILES string of the molecule is Cc1ccc(S(=O)(=O)N[C@@H](CC(C)C)C(=O)Oc2ccc3c(C(F)(F)F)cc(=O)oc3c2)cc1. The molecule has 11 heteroatoms. The Balaban J connectivity index is 1.89. The number of rotatable bonds is 7. The monoisotopic (exact) mass is 497 g/mol. The highest BCUT2D eigenvalue weighted by molar-refractivity contribution is 7.89. The molecule has 0 aliphatic rings. The van der Waals surface area contributed by atoms with Crippen LogP contribution in [-0.4, -0.2) is 20.4 Å². The van der Waals surface area contributed by atoms with Gasteiger partial charge in [0.25, 0.3) is 0 Å². The number of nitrogens with one attached hydrogen (secondary N) is 1. The third-order valence-electron chi connectivity index (χ3n) is 4.86. The maximum absolute atomic E-state index is 13.2. The maximum atomic E-state index is 13.2. The zero-order chi connectivity index (χ0) is 25.3. The molecular formula is C23H22F3NO6S. The second kappa shape index (κ2) is 9.59. The number of hydrogen-bond acceptors (Lipinski definition) is 6. The van der Waals surface area contributed by atoms with Crippen molar-refractivity contribution in [2.45, 2.75) is 44.3 Å². The van der Waals surface area contributed by atoms with E-state index in [4.69, 9.17) is 9.15 Å². The van der Waals surface area contributed by atoms with Crippen molar-refractivity contribution in [2.75, 3.05) is 0 Å². The van der Waals surface area contributed by atoms with Crippen LogP contribution < -0.4 is 15.1 Å². The summed E-state index contributed by atoms with van der Waals surface area (Å²) >= 11 is 0. The van der Waals surface area contributed by atoms with E-state index in [1.165, 1.54) is 12.1 Å². The van der Waals surface area contributed by atoms with Crippen molar-refractivity contribution < 1.29 is 35.5 Å². The van der Waals surface area contributed by atoms with Gasteiger partial charge in [0, 0.05) is 17.5 Å². The van der Waals surface area contributed by atoms with Crippen LogP contribution in [0.1, 0.15) is 31.4 Å². The number of benzene rings is 2. The van der Waals surface area contributed by atoms with Crippen molar-refractivity contribution in [2.24, 2.45) is 5.92 Å². The number of halogens is 3. The lowest BCUT2D eigenvalue weighted by Crippen LogP contribution is -2.43. The summed E-state index contributed by atoms with van der Waals surface area (Å²) < 4.78 is 77.6. The third kappa shape index (κ3) is 6.03. The molecule has 34 heavy (non-hydrogen) atoms. The number of hydrogen-bond donors (Lipinski definition) is 1. The van der Waals surface area contributed by atoms with Crippen LogP contribution in [-0.2, 0) is 21.0 Å². The number of carbonyl (C=O) groups is 1. The minimum Gasteiger partial charge on any atom is -0.425 e. The van der Waals surface area contributed by atoms with E-state index in [1.807, 2.05) is 0 Å². The van der Waals surface area contributed by atoms with E-state index >= 15 is 0 Å². The number of aryl methyl sites for hydroxylation is 1. The molecule has 1 N–H and O–H groups in total. The predicted molar refractivity (Wildman–Crippen MR) is 118 cm³/mol. The molecule has 2 aromatic carbocycles. The molecule has 7 nitrogen and oxygen atoms in total. The first-order valence-corrected chi connectivity index (χ1v) is 11.7. The summed E-state index contributed by atoms with van der Waals surface area (Å²) in [5.74, 6) is -1.26. The van der Waals surface area contributed by atoms with Crippen LogP contribution >= 0.6 is 0 Å². The van der Waals surface area contributed by atoms with Gasteiger partial charge in [0.1, 0.15) is 17.4 Å². The Kier molecular flexibility index (Phi) is 7.18. The first-order chi connectivity index (χ1) is 15.8. The first-order valence-electron chi connectivity index (χ1n) is 10.2. The van der Waals surface area contributed by atoms with E-state index < -0.39 is 45.0 Å². The zero-order valence-corrected chi connectivity index (χ0v) is 19.3. The molecule has 0 spiro atoms. The molecule has 0 radical (unpaired) electrons. The van der Waals surface area contributed by atoms with Gasteiger partial charge in [0.2, 0.25) is 10.0 Å². The Labute approximate surface area is 193 Å². The highest BCUT2D eigenvalue weighted by Crippen LogP contribution is 2.35. The Morgan fingerprint density at radius 3 is 2.32 bits per heavy atom. The summed E-state index contributed by atoms with van der Waals surface area (Å²) in [6.07, 6.45) is -4.69. The molecule has 0 fully saturated rings. The fourth-order valence-electron chi connectivity index (χ4n) is 3.26. The summed E-state index contributed by atoms with van der Waals surface area (Å²) in [6, 6.07) is 8.20. The van der Waals surface area contributed by atoms with E-state index in [0.717, 1.165) is 23.8 Å². The molecule has 3 aromatic rings. The first kappa shape index (κ1) is 25.4. The van der Waals surface area contributed by atoms with Crippen LogP contribution in [0.2, 0.25) is 0 Å². The second-order valence-electron chi connectivity index (χ2n) is 8.17. The van der Waals surface area contributed by atoms with Crippen molar-refractivity contribution in [1.82, 2.24) is 4.72 Å². The van der Waals surface area contributed by atoms with Crippen molar-refractivity contribution in [3.63, 3.8) is 0 Å². The maximum Gasteiger partial charge on any atom is 0.417 e. The average Bonchev–Trinajstić information content (AvgIpc) is 2.71. The number of carbonyl (C=O) groups excluding carboxylic acids is 1. The van der Waals surface area contributed by atoms with Crippen molar-refractivity contribution >= 4 is 27.0 Å². The topological polar surface area (TPSA) is 103 Å². The standard InChI is InChI=1S/C23H22F3NO6S/c1-13(2)10-19(27-34(30,31)16-7-4-14(3)5-8-16)22(29)32-15-6-9-17-18(23(24,25)26)12-21(28)33-20(17)11-15/h4-9,11-13,19,27H,10H2,1-3H3/t19-/m0/s1. The van der Waals surface area contributed by atoms with Gasteiger partial charge in [0.15, 0.2) is 0 Å². The van der Waals surface area contributed by atoms with Gasteiger partial charge in [0.05, 0.1) is 10.5 Å². The molecule has 0 amide bonds. The molecule has 0 unspecified atom stereocenters. The lowest BCUT2D eigenvalue weighted by atomic mass is 10.0. The Hall–Kier alpha value is -3.18. The van der Waals surface area contributed by atoms with Gasteiger partial charge in [-0.15, -0.1) is 0 Å². The van der Waals surface area contributed by atoms with E-state index in [0.29, 0.717) is 6.07 Å². The molecular weight excluding hydrogens is 475 g/mol. The normalized spacial score (nSPS) is 13.3. The van der Waals surface area contributed by atoms with E-state index in [2.05, 4.69) is 4.72 Å². The second-order valence-corrected chi connectivity index (χ2v) is 9.89. The van der Waals surface area contributed by atoms with Crippen LogP contribution in [0.15, 0.2) is 62.6 Å². The summed E-state index contributed by atoms with van der Waals surface area (Å²) in [5.41, 5.74) is -1.97. The molecule has 0 saturated heterocycles. The Bertz CT molecular complexity index is 1360. The summed E-state index contributed by atoms with van der Waals surface area (Å²) in [5, 5.41) is -0.384. The largest absolute Gasteiger partial charge is 0.425 e. The summed E-state index contributed by atoms with van der Waals surface area (Å²) in [7, 11) is -4.06. The molecule has 0 bridgehead atoms. The summed E-state index contributed by atoms with van der Waals surface area (Å²) in [4.78, 5) is 24.4. The molecule has 1 atom stereocenters. The lowest BCUT2D eigenvalue weighted by Gasteiger charge is -2.19. The average molecular weight is 497 g/mol. The minimum atomic E-state index is -4.79. The van der Waals surface area contributed by atoms with Gasteiger partial charge in [-0.1, -0.05) is 31.5 Å². The van der Waals surface area contributed by atoms with Gasteiger partial charge < -0.3 is 9.15 Å². The van der Waals surface area contributed by atoms with Crippen LogP contribution in [0.5, 0.6) is 5.75 Å². The highest BCUT2D eigenvalue weighted by atomic mass is 32.2. The van der Waals surface area contributed by atoms with Crippen LogP contribution in [0.25, 0.3) is 11.0 Å². The molecule has 1 aromatic heterocycles. The molecule has 0 saturated carbocycles. The van der Waals surface area contributed by atoms with E-state index in [1.54, 1.807) is 32.9 Å². The van der Waals surface area contributed by atoms with Crippen molar-refractivity contribution in [1.29, 1.82) is 0 Å². The van der Waals surface area contributed by atoms with Crippen LogP contribution in [0, 0.1) is 12.8 Å². The van der Waals surface area contributed by atoms with E-state index in [-0.39, 0.29) is 28.4 Å². The third-order valence-corrected chi connectivity index (χ3v) is 6.35. The molecule has 0 aliphatic heterocycles. The summed E-state index contributed by atoms with van der Waals surface area (Å²) in [6.45, 7) is 5.36. The molecule has 0 aliphatic carbocycles. The molecule has 1 heterocycles. The fourth-order valence-corrected chi connectivity index (χ4v) is 4.46. The Morgan fingerprint density at radius 1 is 1.09 bits per heavy atom. The number of ether oxygens (including phenoxy) is 1. The van der Waals surface area contributed by atoms with Gasteiger partial charge in [-0.05, 0) is 43.5 Å². The van der Waals surface area contributed by atoms with Crippen molar-refractivity contribution in [3.05, 3.63) is 70.1 Å². The van der Waals surface area contributed by atoms with Gasteiger partial charge in [-0.3, -0.25) is 0 Å². The van der Waals surface area contributed by atoms with Gasteiger partial charge in [-0.25, -0.2) is 18.0 Å². The lowest BCUT2D eigenvalue weighted by molar-refractivity contribution is -0.137. The highest BCUT2D eigenvalue weighted by Gasteiger charge is 2.34. The number of esters is 1. The number of sulfonamides is 1. The minimum absolute atomic E-state index is 0.0354. The number of alkyl halides is 3. The fraction of sp³-hybridized carbons (Fsp3) is 0.304. The van der Waals surface area contributed by atoms with Crippen LogP contribution in [0.3, 0.4) is 0 Å². The molecule has 3 rings (SSSR count).